The lowest BCUT2D eigenvalue weighted by molar-refractivity contribution is -0.127. The molecular formula is C18H23FN4O. The molecule has 1 fully saturated rings. The summed E-state index contributed by atoms with van der Waals surface area (Å²) in [7, 11) is 0. The highest BCUT2D eigenvalue weighted by atomic mass is 19.1. The van der Waals surface area contributed by atoms with Gasteiger partial charge in [-0.3, -0.25) is 4.79 Å². The number of nitrogens with one attached hydrogen (secondary N) is 1. The third-order valence-corrected chi connectivity index (χ3v) is 4.39. The molecule has 1 aromatic heterocycles. The van der Waals surface area contributed by atoms with E-state index in [0.29, 0.717) is 6.42 Å². The van der Waals surface area contributed by atoms with E-state index >= 15 is 0 Å². The maximum absolute atomic E-state index is 13.2. The van der Waals surface area contributed by atoms with Crippen LogP contribution < -0.4 is 5.32 Å². The summed E-state index contributed by atoms with van der Waals surface area (Å²) >= 11 is 0. The largest absolute Gasteiger partial charge is 0.343 e. The number of halogens is 1. The van der Waals surface area contributed by atoms with Crippen LogP contribution in [-0.2, 0) is 11.3 Å². The maximum Gasteiger partial charge on any atom is 0.222 e. The SMILES string of the molecule is O=C1CCCN1CCCN[C@H](Cn1ccnc1)c1ccc(F)cc1. The zero-order valence-electron chi connectivity index (χ0n) is 13.7. The van der Waals surface area contributed by atoms with Gasteiger partial charge in [0.25, 0.3) is 0 Å². The molecular weight excluding hydrogens is 307 g/mol. The molecule has 128 valence electrons. The van der Waals surface area contributed by atoms with Gasteiger partial charge in [0.15, 0.2) is 0 Å². The predicted octanol–water partition coefficient (Wildman–Crippen LogP) is 2.37. The van der Waals surface area contributed by atoms with Gasteiger partial charge in [-0.05, 0) is 37.1 Å². The molecule has 5 nitrogen and oxygen atoms in total. The first kappa shape index (κ1) is 16.6. The van der Waals surface area contributed by atoms with Gasteiger partial charge in [0.2, 0.25) is 5.91 Å². The number of rotatable bonds is 8. The molecule has 24 heavy (non-hydrogen) atoms. The van der Waals surface area contributed by atoms with Crippen molar-refractivity contribution in [1.82, 2.24) is 19.8 Å². The molecule has 0 saturated carbocycles. The minimum absolute atomic E-state index is 0.0779. The highest BCUT2D eigenvalue weighted by molar-refractivity contribution is 5.77. The van der Waals surface area contributed by atoms with E-state index in [0.717, 1.165) is 44.6 Å². The fourth-order valence-corrected chi connectivity index (χ4v) is 3.08. The Morgan fingerprint density at radius 3 is 2.79 bits per heavy atom. The Hall–Kier alpha value is -2.21. The smallest absolute Gasteiger partial charge is 0.222 e. The quantitative estimate of drug-likeness (QED) is 0.756. The van der Waals surface area contributed by atoms with Crippen LogP contribution in [0.15, 0.2) is 43.0 Å². The molecule has 1 aromatic carbocycles. The zero-order valence-corrected chi connectivity index (χ0v) is 13.7. The molecule has 1 N–H and O–H groups in total. The van der Waals surface area contributed by atoms with Gasteiger partial charge >= 0.3 is 0 Å². The highest BCUT2D eigenvalue weighted by Crippen LogP contribution is 2.16. The van der Waals surface area contributed by atoms with Crippen LogP contribution in [0.5, 0.6) is 0 Å². The number of carbonyl (C=O) groups excluding carboxylic acids is 1. The van der Waals surface area contributed by atoms with Crippen LogP contribution in [0.3, 0.4) is 0 Å². The van der Waals surface area contributed by atoms with E-state index in [1.54, 1.807) is 12.5 Å². The Morgan fingerprint density at radius 1 is 1.29 bits per heavy atom. The number of hydrogen-bond donors (Lipinski definition) is 1. The molecule has 2 heterocycles. The molecule has 1 saturated heterocycles. The summed E-state index contributed by atoms with van der Waals surface area (Å²) in [6, 6.07) is 6.68. The fourth-order valence-electron chi connectivity index (χ4n) is 3.08. The standard InChI is InChI=1S/C18H23FN4O/c19-16-6-4-15(5-7-16)17(13-22-12-9-20-14-22)21-8-2-11-23-10-1-3-18(23)24/h4-7,9,12,14,17,21H,1-3,8,10-11,13H2/t17-/m1/s1. The van der Waals surface area contributed by atoms with Crippen molar-refractivity contribution in [3.63, 3.8) is 0 Å². The summed E-state index contributed by atoms with van der Waals surface area (Å²) in [5.41, 5.74) is 1.04. The van der Waals surface area contributed by atoms with Crippen LogP contribution in [0, 0.1) is 5.82 Å². The van der Waals surface area contributed by atoms with E-state index in [1.165, 1.54) is 12.1 Å². The average Bonchev–Trinajstić information content (AvgIpc) is 3.23. The molecule has 0 aliphatic carbocycles. The third-order valence-electron chi connectivity index (χ3n) is 4.39. The lowest BCUT2D eigenvalue weighted by atomic mass is 10.1. The van der Waals surface area contributed by atoms with Crippen LogP contribution in [0.2, 0.25) is 0 Å². The summed E-state index contributed by atoms with van der Waals surface area (Å²) in [5, 5.41) is 3.52. The summed E-state index contributed by atoms with van der Waals surface area (Å²) in [5.74, 6) is 0.0381. The van der Waals surface area contributed by atoms with Crippen LogP contribution in [-0.4, -0.2) is 40.0 Å². The molecule has 1 aliphatic rings. The van der Waals surface area contributed by atoms with E-state index in [-0.39, 0.29) is 17.8 Å². The summed E-state index contributed by atoms with van der Waals surface area (Å²) in [4.78, 5) is 17.6. The van der Waals surface area contributed by atoms with Crippen molar-refractivity contribution in [2.24, 2.45) is 0 Å². The molecule has 3 rings (SSSR count). The molecule has 1 atom stereocenters. The van der Waals surface area contributed by atoms with Gasteiger partial charge in [-0.2, -0.15) is 0 Å². The van der Waals surface area contributed by atoms with Crippen molar-refractivity contribution >= 4 is 5.91 Å². The van der Waals surface area contributed by atoms with E-state index in [4.69, 9.17) is 0 Å². The van der Waals surface area contributed by atoms with Crippen LogP contribution >= 0.6 is 0 Å². The molecule has 1 aliphatic heterocycles. The van der Waals surface area contributed by atoms with E-state index in [1.807, 2.05) is 27.8 Å². The Morgan fingerprint density at radius 2 is 2.12 bits per heavy atom. The number of hydrogen-bond acceptors (Lipinski definition) is 3. The first-order valence-corrected chi connectivity index (χ1v) is 8.45. The molecule has 0 spiro atoms. The average molecular weight is 330 g/mol. The Balaban J connectivity index is 1.55. The van der Waals surface area contributed by atoms with Crippen molar-refractivity contribution < 1.29 is 9.18 Å². The van der Waals surface area contributed by atoms with Gasteiger partial charge in [-0.25, -0.2) is 9.37 Å². The van der Waals surface area contributed by atoms with Crippen LogP contribution in [0.4, 0.5) is 4.39 Å². The predicted molar refractivity (Wildman–Crippen MR) is 89.8 cm³/mol. The molecule has 2 aromatic rings. The first-order valence-electron chi connectivity index (χ1n) is 8.45. The Kier molecular flexibility index (Phi) is 5.59. The van der Waals surface area contributed by atoms with Crippen molar-refractivity contribution in [3.8, 4) is 0 Å². The first-order chi connectivity index (χ1) is 11.7. The molecule has 0 unspecified atom stereocenters. The van der Waals surface area contributed by atoms with Crippen LogP contribution in [0.25, 0.3) is 0 Å². The number of amides is 1. The molecule has 0 bridgehead atoms. The molecule has 1 amide bonds. The van der Waals surface area contributed by atoms with Gasteiger partial charge in [0, 0.05) is 38.4 Å². The van der Waals surface area contributed by atoms with E-state index in [2.05, 4.69) is 10.3 Å². The zero-order chi connectivity index (χ0) is 16.8. The van der Waals surface area contributed by atoms with E-state index in [9.17, 15) is 9.18 Å². The van der Waals surface area contributed by atoms with Crippen LogP contribution in [0.1, 0.15) is 30.9 Å². The van der Waals surface area contributed by atoms with Crippen molar-refractivity contribution in [1.29, 1.82) is 0 Å². The Bertz CT molecular complexity index is 642. The normalized spacial score (nSPS) is 15.9. The van der Waals surface area contributed by atoms with Gasteiger partial charge in [0.05, 0.1) is 12.4 Å². The number of carbonyl (C=O) groups is 1. The Labute approximate surface area is 141 Å². The number of imidazole rings is 1. The minimum atomic E-state index is -0.229. The topological polar surface area (TPSA) is 50.2 Å². The lowest BCUT2D eigenvalue weighted by Gasteiger charge is -2.21. The summed E-state index contributed by atoms with van der Waals surface area (Å²) in [6.07, 6.45) is 8.02. The van der Waals surface area contributed by atoms with Gasteiger partial charge in [-0.1, -0.05) is 12.1 Å². The van der Waals surface area contributed by atoms with Gasteiger partial charge in [0.1, 0.15) is 5.82 Å². The number of aromatic nitrogens is 2. The van der Waals surface area contributed by atoms with Gasteiger partial charge < -0.3 is 14.8 Å². The third kappa shape index (κ3) is 4.41. The second-order valence-electron chi connectivity index (χ2n) is 6.16. The maximum atomic E-state index is 13.2. The van der Waals surface area contributed by atoms with Crippen molar-refractivity contribution in [3.05, 3.63) is 54.4 Å². The molecule has 6 heteroatoms. The number of benzene rings is 1. The fraction of sp³-hybridized carbons (Fsp3) is 0.444. The number of nitrogens with zero attached hydrogens (tertiary/aromatic N) is 3. The lowest BCUT2D eigenvalue weighted by Crippen LogP contribution is -2.31. The molecule has 0 radical (unpaired) electrons. The van der Waals surface area contributed by atoms with Crippen molar-refractivity contribution in [2.75, 3.05) is 19.6 Å². The van der Waals surface area contributed by atoms with Crippen molar-refractivity contribution in [2.45, 2.75) is 31.8 Å². The highest BCUT2D eigenvalue weighted by Gasteiger charge is 2.19. The van der Waals surface area contributed by atoms with E-state index < -0.39 is 0 Å². The summed E-state index contributed by atoms with van der Waals surface area (Å²) in [6.45, 7) is 3.22. The number of likely N-dealkylation sites (tertiary alicyclic amines) is 1. The summed E-state index contributed by atoms with van der Waals surface area (Å²) < 4.78 is 15.2. The second kappa shape index (κ2) is 8.06. The van der Waals surface area contributed by atoms with Gasteiger partial charge in [-0.15, -0.1) is 0 Å². The second-order valence-corrected chi connectivity index (χ2v) is 6.16. The minimum Gasteiger partial charge on any atom is -0.343 e. The monoisotopic (exact) mass is 330 g/mol.